The minimum Gasteiger partial charge on any atom is -0.508 e. The summed E-state index contributed by atoms with van der Waals surface area (Å²) >= 11 is 0. The van der Waals surface area contributed by atoms with Gasteiger partial charge in [-0.05, 0) is 49.2 Å². The molecule has 2 aromatic heterocycles. The average Bonchev–Trinajstić information content (AvgIpc) is 3.00. The van der Waals surface area contributed by atoms with Gasteiger partial charge >= 0.3 is 0 Å². The lowest BCUT2D eigenvalue weighted by Gasteiger charge is -2.23. The Kier molecular flexibility index (Phi) is 3.61. The molecule has 0 spiro atoms. The lowest BCUT2D eigenvalue weighted by Crippen LogP contribution is -2.23. The van der Waals surface area contributed by atoms with Crippen LogP contribution < -0.4 is 5.32 Å². The third-order valence-electron chi connectivity index (χ3n) is 4.48. The topological polar surface area (TPSA) is 62.5 Å². The summed E-state index contributed by atoms with van der Waals surface area (Å²) in [5.41, 5.74) is 2.73. The molecule has 1 aromatic carbocycles. The molecular formula is C18H20N4O. The molecule has 0 atom stereocenters. The Hall–Kier alpha value is -2.56. The summed E-state index contributed by atoms with van der Waals surface area (Å²) in [4.78, 5) is 4.42. The number of phenolic OH excluding ortho intramolecular Hbond substituents is 1. The molecule has 1 fully saturated rings. The highest BCUT2D eigenvalue weighted by Crippen LogP contribution is 2.24. The van der Waals surface area contributed by atoms with Gasteiger partial charge in [-0.2, -0.15) is 0 Å². The zero-order valence-corrected chi connectivity index (χ0v) is 12.9. The van der Waals surface area contributed by atoms with Gasteiger partial charge in [-0.25, -0.2) is 9.50 Å². The van der Waals surface area contributed by atoms with Crippen molar-refractivity contribution in [3.8, 4) is 17.0 Å². The van der Waals surface area contributed by atoms with E-state index < -0.39 is 0 Å². The molecular weight excluding hydrogens is 288 g/mol. The Bertz CT molecular complexity index is 804. The van der Waals surface area contributed by atoms with E-state index in [0.717, 1.165) is 22.7 Å². The van der Waals surface area contributed by atoms with Crippen LogP contribution in [0.1, 0.15) is 32.1 Å². The lowest BCUT2D eigenvalue weighted by molar-refractivity contribution is 0.461. The highest BCUT2D eigenvalue weighted by molar-refractivity contribution is 5.64. The van der Waals surface area contributed by atoms with E-state index in [1.54, 1.807) is 12.1 Å². The molecule has 2 N–H and O–H groups in total. The summed E-state index contributed by atoms with van der Waals surface area (Å²) in [6.45, 7) is 0. The quantitative estimate of drug-likeness (QED) is 0.771. The van der Waals surface area contributed by atoms with Gasteiger partial charge in [0.15, 0.2) is 5.65 Å². The van der Waals surface area contributed by atoms with Crippen molar-refractivity contribution in [3.63, 3.8) is 0 Å². The molecule has 1 saturated carbocycles. The molecule has 23 heavy (non-hydrogen) atoms. The zero-order valence-electron chi connectivity index (χ0n) is 12.9. The number of hydrogen-bond acceptors (Lipinski definition) is 4. The summed E-state index contributed by atoms with van der Waals surface area (Å²) in [5.74, 6) is 1.15. The van der Waals surface area contributed by atoms with Crippen LogP contribution in [0.15, 0.2) is 42.6 Å². The number of fused-ring (bicyclic) bond motifs is 1. The number of benzene rings is 1. The second-order valence-electron chi connectivity index (χ2n) is 6.16. The van der Waals surface area contributed by atoms with Crippen molar-refractivity contribution in [2.24, 2.45) is 0 Å². The minimum atomic E-state index is 0.259. The monoisotopic (exact) mass is 308 g/mol. The first-order valence-corrected chi connectivity index (χ1v) is 8.20. The predicted molar refractivity (Wildman–Crippen MR) is 90.6 cm³/mol. The molecule has 0 radical (unpaired) electrons. The standard InChI is InChI=1S/C18H20N4O/c23-15-8-6-13(7-9-15)16-12-19-18-11-10-17(21-22(16)18)20-14-4-2-1-3-5-14/h6-12,14,23H,1-5H2,(H,20,21). The molecule has 0 saturated heterocycles. The van der Waals surface area contributed by atoms with E-state index in [9.17, 15) is 5.11 Å². The molecule has 118 valence electrons. The number of hydrogen-bond donors (Lipinski definition) is 2. The van der Waals surface area contributed by atoms with Crippen LogP contribution in [0.3, 0.4) is 0 Å². The maximum absolute atomic E-state index is 9.45. The van der Waals surface area contributed by atoms with Crippen molar-refractivity contribution in [2.45, 2.75) is 38.1 Å². The minimum absolute atomic E-state index is 0.259. The molecule has 2 heterocycles. The number of imidazole rings is 1. The largest absolute Gasteiger partial charge is 0.508 e. The summed E-state index contributed by atoms with van der Waals surface area (Å²) in [6.07, 6.45) is 8.19. The van der Waals surface area contributed by atoms with E-state index in [4.69, 9.17) is 5.10 Å². The van der Waals surface area contributed by atoms with Crippen LogP contribution in [0.5, 0.6) is 5.75 Å². The molecule has 1 aliphatic rings. The van der Waals surface area contributed by atoms with Gasteiger partial charge in [0.1, 0.15) is 11.6 Å². The number of anilines is 1. The first-order chi connectivity index (χ1) is 11.3. The molecule has 1 aliphatic carbocycles. The number of phenols is 1. The summed E-state index contributed by atoms with van der Waals surface area (Å²) in [6, 6.07) is 11.6. The summed E-state index contributed by atoms with van der Waals surface area (Å²) < 4.78 is 1.86. The Morgan fingerprint density at radius 2 is 1.78 bits per heavy atom. The van der Waals surface area contributed by atoms with Crippen molar-refractivity contribution in [2.75, 3.05) is 5.32 Å². The van der Waals surface area contributed by atoms with E-state index in [-0.39, 0.29) is 5.75 Å². The van der Waals surface area contributed by atoms with Gasteiger partial charge in [-0.15, -0.1) is 5.10 Å². The first kappa shape index (κ1) is 14.1. The van der Waals surface area contributed by atoms with Crippen molar-refractivity contribution in [1.82, 2.24) is 14.6 Å². The van der Waals surface area contributed by atoms with Crippen LogP contribution >= 0.6 is 0 Å². The second-order valence-corrected chi connectivity index (χ2v) is 6.16. The van der Waals surface area contributed by atoms with Crippen molar-refractivity contribution in [1.29, 1.82) is 0 Å². The van der Waals surface area contributed by atoms with Gasteiger partial charge in [0.25, 0.3) is 0 Å². The Labute approximate surface area is 135 Å². The third kappa shape index (κ3) is 2.86. The van der Waals surface area contributed by atoms with Gasteiger partial charge < -0.3 is 10.4 Å². The maximum Gasteiger partial charge on any atom is 0.154 e. The highest BCUT2D eigenvalue weighted by atomic mass is 16.3. The Morgan fingerprint density at radius 1 is 1.00 bits per heavy atom. The van der Waals surface area contributed by atoms with Crippen LogP contribution in [0.4, 0.5) is 5.82 Å². The van der Waals surface area contributed by atoms with Gasteiger partial charge in [0.05, 0.1) is 11.9 Å². The predicted octanol–water partition coefficient (Wildman–Crippen LogP) is 3.85. The molecule has 0 unspecified atom stereocenters. The molecule has 0 aliphatic heterocycles. The van der Waals surface area contributed by atoms with Crippen molar-refractivity contribution in [3.05, 3.63) is 42.6 Å². The van der Waals surface area contributed by atoms with Gasteiger partial charge in [0, 0.05) is 11.6 Å². The Morgan fingerprint density at radius 3 is 2.57 bits per heavy atom. The SMILES string of the molecule is Oc1ccc(-c2cnc3ccc(NC4CCCCC4)nn23)cc1. The first-order valence-electron chi connectivity index (χ1n) is 8.20. The number of nitrogens with zero attached hydrogens (tertiary/aromatic N) is 3. The smallest absolute Gasteiger partial charge is 0.154 e. The van der Waals surface area contributed by atoms with E-state index in [0.29, 0.717) is 6.04 Å². The average molecular weight is 308 g/mol. The normalized spacial score (nSPS) is 15.8. The van der Waals surface area contributed by atoms with Gasteiger partial charge in [-0.1, -0.05) is 19.3 Å². The van der Waals surface area contributed by atoms with Crippen LogP contribution in [-0.2, 0) is 0 Å². The molecule has 3 aromatic rings. The molecule has 0 amide bonds. The number of nitrogens with one attached hydrogen (secondary N) is 1. The molecule has 5 heteroatoms. The fraction of sp³-hybridized carbons (Fsp3) is 0.333. The lowest BCUT2D eigenvalue weighted by atomic mass is 9.95. The van der Waals surface area contributed by atoms with E-state index in [1.165, 1.54) is 32.1 Å². The summed E-state index contributed by atoms with van der Waals surface area (Å²) in [7, 11) is 0. The van der Waals surface area contributed by atoms with Crippen LogP contribution in [0, 0.1) is 0 Å². The van der Waals surface area contributed by atoms with Crippen molar-refractivity contribution >= 4 is 11.5 Å². The van der Waals surface area contributed by atoms with Gasteiger partial charge in [-0.3, -0.25) is 0 Å². The fourth-order valence-electron chi connectivity index (χ4n) is 3.24. The number of aromatic hydroxyl groups is 1. The third-order valence-corrected chi connectivity index (χ3v) is 4.48. The Balaban J connectivity index is 1.66. The zero-order chi connectivity index (χ0) is 15.6. The maximum atomic E-state index is 9.45. The molecule has 5 nitrogen and oxygen atoms in total. The van der Waals surface area contributed by atoms with E-state index in [1.807, 2.05) is 35.0 Å². The van der Waals surface area contributed by atoms with E-state index in [2.05, 4.69) is 10.3 Å². The molecule has 4 rings (SSSR count). The second kappa shape index (κ2) is 5.91. The number of aromatic nitrogens is 3. The summed E-state index contributed by atoms with van der Waals surface area (Å²) in [5, 5.41) is 17.7. The van der Waals surface area contributed by atoms with Crippen LogP contribution in [-0.4, -0.2) is 25.7 Å². The highest BCUT2D eigenvalue weighted by Gasteiger charge is 2.14. The van der Waals surface area contributed by atoms with Gasteiger partial charge in [0.2, 0.25) is 0 Å². The van der Waals surface area contributed by atoms with Crippen LogP contribution in [0.25, 0.3) is 16.9 Å². The van der Waals surface area contributed by atoms with Crippen LogP contribution in [0.2, 0.25) is 0 Å². The fourth-order valence-corrected chi connectivity index (χ4v) is 3.24. The van der Waals surface area contributed by atoms with E-state index >= 15 is 0 Å². The molecule has 0 bridgehead atoms. The van der Waals surface area contributed by atoms with Crippen molar-refractivity contribution < 1.29 is 5.11 Å². The number of rotatable bonds is 3.